The van der Waals surface area contributed by atoms with Crippen molar-refractivity contribution in [2.75, 3.05) is 6.54 Å². The number of nitrogens with one attached hydrogen (secondary N) is 1. The molecule has 3 aromatic rings. The Labute approximate surface area is 233 Å². The second kappa shape index (κ2) is 11.0. The Morgan fingerprint density at radius 1 is 1.18 bits per heavy atom. The number of aliphatic hydroxyl groups excluding tert-OH is 1. The summed E-state index contributed by atoms with van der Waals surface area (Å²) in [5, 5.41) is 13.3. The van der Waals surface area contributed by atoms with Crippen LogP contribution in [0.2, 0.25) is 0 Å². The van der Waals surface area contributed by atoms with Crippen LogP contribution >= 0.6 is 27.3 Å². The van der Waals surface area contributed by atoms with Gasteiger partial charge in [0.25, 0.3) is 5.91 Å². The Kier molecular flexibility index (Phi) is 7.65. The fraction of sp³-hybridized carbons (Fsp3) is 0.357. The first-order valence-corrected chi connectivity index (χ1v) is 14.2. The summed E-state index contributed by atoms with van der Waals surface area (Å²) in [4.78, 5) is 48.5. The van der Waals surface area contributed by atoms with Crippen LogP contribution in [-0.2, 0) is 22.7 Å². The zero-order valence-corrected chi connectivity index (χ0v) is 23.5. The molecule has 2 aliphatic rings. The van der Waals surface area contributed by atoms with E-state index in [0.29, 0.717) is 18.7 Å². The highest BCUT2D eigenvalue weighted by Crippen LogP contribution is 2.32. The molecular weight excluding hydrogens is 568 g/mol. The van der Waals surface area contributed by atoms with Gasteiger partial charge < -0.3 is 20.2 Å². The molecule has 0 spiro atoms. The standard InChI is InChI=1S/C28H29BrN4O4S/c1-16(2)23(33-13-19-5-3-4-6-21(19)27(33)36)28(37)32-14-20(34)11-22(32)26(35)30-12-17-7-9-18(10-8-17)24-25(29)31-15-38-24/h3-10,15-16,20,22-23,34H,11-14H2,1-2H3,(H,30,35)/t20?,22?,23-/m0/s1. The van der Waals surface area contributed by atoms with Crippen LogP contribution in [0, 0.1) is 5.92 Å². The molecule has 8 nitrogen and oxygen atoms in total. The van der Waals surface area contributed by atoms with Crippen LogP contribution in [0.4, 0.5) is 0 Å². The van der Waals surface area contributed by atoms with Crippen molar-refractivity contribution in [3.05, 3.63) is 75.3 Å². The summed E-state index contributed by atoms with van der Waals surface area (Å²) >= 11 is 4.99. The van der Waals surface area contributed by atoms with Gasteiger partial charge in [0, 0.05) is 31.6 Å². The average molecular weight is 598 g/mol. The maximum atomic E-state index is 13.8. The van der Waals surface area contributed by atoms with Crippen molar-refractivity contribution in [3.8, 4) is 10.4 Å². The molecule has 1 fully saturated rings. The first-order valence-electron chi connectivity index (χ1n) is 12.6. The van der Waals surface area contributed by atoms with Crippen LogP contribution in [0.5, 0.6) is 0 Å². The van der Waals surface area contributed by atoms with E-state index in [4.69, 9.17) is 0 Å². The van der Waals surface area contributed by atoms with E-state index in [1.54, 1.807) is 27.8 Å². The number of thiazole rings is 1. The quantitative estimate of drug-likeness (QED) is 0.431. The van der Waals surface area contributed by atoms with E-state index in [1.807, 2.05) is 56.3 Å². The highest BCUT2D eigenvalue weighted by molar-refractivity contribution is 9.10. The van der Waals surface area contributed by atoms with Gasteiger partial charge in [-0.2, -0.15) is 0 Å². The largest absolute Gasteiger partial charge is 0.391 e. The molecule has 1 saturated heterocycles. The van der Waals surface area contributed by atoms with E-state index < -0.39 is 18.2 Å². The van der Waals surface area contributed by atoms with Crippen molar-refractivity contribution in [1.29, 1.82) is 0 Å². The normalized spacial score (nSPS) is 19.7. The third-order valence-electron chi connectivity index (χ3n) is 7.14. The first kappa shape index (κ1) is 26.5. The molecular formula is C28H29BrN4O4S. The number of carbonyl (C=O) groups excluding carboxylic acids is 3. The molecule has 38 heavy (non-hydrogen) atoms. The van der Waals surface area contributed by atoms with Gasteiger partial charge in [-0.05, 0) is 44.6 Å². The van der Waals surface area contributed by atoms with Crippen molar-refractivity contribution in [2.45, 2.75) is 51.5 Å². The minimum Gasteiger partial charge on any atom is -0.391 e. The Bertz CT molecular complexity index is 1360. The average Bonchev–Trinajstić information content (AvgIpc) is 3.60. The summed E-state index contributed by atoms with van der Waals surface area (Å²) in [6.45, 7) is 4.51. The fourth-order valence-electron chi connectivity index (χ4n) is 5.26. The molecule has 2 unspecified atom stereocenters. The van der Waals surface area contributed by atoms with Crippen LogP contribution < -0.4 is 5.32 Å². The number of carbonyl (C=O) groups is 3. The third-order valence-corrected chi connectivity index (χ3v) is 8.88. The van der Waals surface area contributed by atoms with E-state index in [0.717, 1.165) is 26.2 Å². The summed E-state index contributed by atoms with van der Waals surface area (Å²) < 4.78 is 0.798. The number of aromatic nitrogens is 1. The number of hydrogen-bond donors (Lipinski definition) is 2. The number of rotatable bonds is 7. The molecule has 3 heterocycles. The molecule has 2 aliphatic heterocycles. The SMILES string of the molecule is CC(C)[C@@H](C(=O)N1CC(O)CC1C(=O)NCc1ccc(-c2scnc2Br)cc1)N1Cc2ccccc2C1=O. The molecule has 0 saturated carbocycles. The smallest absolute Gasteiger partial charge is 0.255 e. The summed E-state index contributed by atoms with van der Waals surface area (Å²) in [6, 6.07) is 13.7. The number of likely N-dealkylation sites (tertiary alicyclic amines) is 1. The lowest BCUT2D eigenvalue weighted by Gasteiger charge is -2.35. The predicted octanol–water partition coefficient (Wildman–Crippen LogP) is 3.83. The van der Waals surface area contributed by atoms with Crippen LogP contribution in [0.25, 0.3) is 10.4 Å². The molecule has 2 N–H and O–H groups in total. The second-order valence-electron chi connectivity index (χ2n) is 10.1. The fourth-order valence-corrected chi connectivity index (χ4v) is 6.69. The number of hydrogen-bond acceptors (Lipinski definition) is 6. The number of nitrogens with zero attached hydrogens (tertiary/aromatic N) is 3. The highest BCUT2D eigenvalue weighted by atomic mass is 79.9. The van der Waals surface area contributed by atoms with Gasteiger partial charge in [-0.25, -0.2) is 4.98 Å². The van der Waals surface area contributed by atoms with Crippen LogP contribution in [0.15, 0.2) is 58.6 Å². The topological polar surface area (TPSA) is 103 Å². The van der Waals surface area contributed by atoms with Gasteiger partial charge in [-0.15, -0.1) is 11.3 Å². The first-order chi connectivity index (χ1) is 18.2. The van der Waals surface area contributed by atoms with Gasteiger partial charge in [0.2, 0.25) is 11.8 Å². The zero-order valence-electron chi connectivity index (χ0n) is 21.1. The van der Waals surface area contributed by atoms with E-state index in [2.05, 4.69) is 26.2 Å². The van der Waals surface area contributed by atoms with E-state index in [9.17, 15) is 19.5 Å². The Balaban J connectivity index is 1.27. The van der Waals surface area contributed by atoms with Crippen molar-refractivity contribution in [3.63, 3.8) is 0 Å². The number of benzene rings is 2. The maximum Gasteiger partial charge on any atom is 0.255 e. The zero-order chi connectivity index (χ0) is 27.0. The molecule has 0 bridgehead atoms. The summed E-state index contributed by atoms with van der Waals surface area (Å²) in [7, 11) is 0. The molecule has 10 heteroatoms. The molecule has 0 aliphatic carbocycles. The van der Waals surface area contributed by atoms with Crippen molar-refractivity contribution in [2.24, 2.45) is 5.92 Å². The number of fused-ring (bicyclic) bond motifs is 1. The van der Waals surface area contributed by atoms with Gasteiger partial charge in [-0.3, -0.25) is 14.4 Å². The van der Waals surface area contributed by atoms with Gasteiger partial charge in [0.1, 0.15) is 16.7 Å². The Morgan fingerprint density at radius 2 is 1.92 bits per heavy atom. The molecule has 3 atom stereocenters. The Hall–Kier alpha value is -3.08. The lowest BCUT2D eigenvalue weighted by atomic mass is 10.0. The number of amides is 3. The van der Waals surface area contributed by atoms with Gasteiger partial charge in [0.15, 0.2) is 0 Å². The van der Waals surface area contributed by atoms with Gasteiger partial charge in [-0.1, -0.05) is 56.3 Å². The number of β-amino-alcohol motifs (C(OH)–C–C–N with tert-alkyl or cyclic N) is 1. The van der Waals surface area contributed by atoms with Crippen molar-refractivity contribution >= 4 is 45.0 Å². The van der Waals surface area contributed by atoms with Crippen LogP contribution in [0.3, 0.4) is 0 Å². The minimum absolute atomic E-state index is 0.0630. The van der Waals surface area contributed by atoms with E-state index >= 15 is 0 Å². The lowest BCUT2D eigenvalue weighted by Crippen LogP contribution is -2.55. The highest BCUT2D eigenvalue weighted by Gasteiger charge is 2.45. The second-order valence-corrected chi connectivity index (χ2v) is 11.7. The summed E-state index contributed by atoms with van der Waals surface area (Å²) in [6.07, 6.45) is -0.638. The monoisotopic (exact) mass is 596 g/mol. The minimum atomic E-state index is -0.800. The van der Waals surface area contributed by atoms with Crippen LogP contribution in [0.1, 0.15) is 41.8 Å². The maximum absolute atomic E-state index is 13.8. The molecule has 1 aromatic heterocycles. The molecule has 3 amide bonds. The molecule has 5 rings (SSSR count). The lowest BCUT2D eigenvalue weighted by molar-refractivity contribution is -0.143. The van der Waals surface area contributed by atoms with Crippen molar-refractivity contribution < 1.29 is 19.5 Å². The number of aliphatic hydroxyl groups is 1. The van der Waals surface area contributed by atoms with Gasteiger partial charge >= 0.3 is 0 Å². The van der Waals surface area contributed by atoms with Crippen LogP contribution in [-0.4, -0.2) is 62.3 Å². The predicted molar refractivity (Wildman–Crippen MR) is 148 cm³/mol. The molecule has 0 radical (unpaired) electrons. The van der Waals surface area contributed by atoms with Crippen molar-refractivity contribution in [1.82, 2.24) is 20.1 Å². The van der Waals surface area contributed by atoms with Gasteiger partial charge in [0.05, 0.1) is 16.5 Å². The summed E-state index contributed by atoms with van der Waals surface area (Å²) in [5.41, 5.74) is 5.22. The third kappa shape index (κ3) is 5.12. The Morgan fingerprint density at radius 3 is 2.58 bits per heavy atom. The molecule has 198 valence electrons. The summed E-state index contributed by atoms with van der Waals surface area (Å²) in [5.74, 6) is -0.971. The molecule has 2 aromatic carbocycles. The van der Waals surface area contributed by atoms with E-state index in [1.165, 1.54) is 4.90 Å². The van der Waals surface area contributed by atoms with E-state index in [-0.39, 0.29) is 36.6 Å². The number of halogens is 1.